The molecule has 2 rings (SSSR count). The molecule has 0 bridgehead atoms. The summed E-state index contributed by atoms with van der Waals surface area (Å²) in [4.78, 5) is 0. The number of hydrogen-bond acceptors (Lipinski definition) is 2. The molecule has 1 aromatic rings. The Morgan fingerprint density at radius 3 is 2.64 bits per heavy atom. The second-order valence-corrected chi connectivity index (χ2v) is 2.96. The van der Waals surface area contributed by atoms with Crippen molar-refractivity contribution in [2.45, 2.75) is 6.42 Å². The van der Waals surface area contributed by atoms with E-state index < -0.39 is 0 Å². The number of benzene rings is 1. The highest BCUT2D eigenvalue weighted by atomic mass is 16.5. The summed E-state index contributed by atoms with van der Waals surface area (Å²) in [6, 6.07) is 9.52. The maximum atomic E-state index is 9.07. The van der Waals surface area contributed by atoms with Gasteiger partial charge in [-0.2, -0.15) is 0 Å². The summed E-state index contributed by atoms with van der Waals surface area (Å²) in [6.07, 6.45) is 3.93. The summed E-state index contributed by atoms with van der Waals surface area (Å²) in [5.41, 5.74) is 2.71. The second kappa shape index (κ2) is 3.86. The fourth-order valence-electron chi connectivity index (χ4n) is 1.17. The first-order chi connectivity index (χ1) is 6.84. The minimum absolute atomic E-state index is 0.241. The predicted octanol–water partition coefficient (Wildman–Crippen LogP) is 2.95. The first kappa shape index (κ1) is 8.67. The largest absolute Gasteiger partial charge is 0.504 e. The van der Waals surface area contributed by atoms with Gasteiger partial charge in [0.1, 0.15) is 17.3 Å². The molecule has 0 radical (unpaired) electrons. The first-order valence-corrected chi connectivity index (χ1v) is 4.42. The van der Waals surface area contributed by atoms with E-state index in [0.717, 1.165) is 5.75 Å². The number of allylic oxidation sites excluding steroid dienone is 1. The number of para-hydroxylation sites is 1. The molecule has 2 heteroatoms. The van der Waals surface area contributed by atoms with E-state index in [0.29, 0.717) is 12.2 Å². The third kappa shape index (κ3) is 2.06. The highest BCUT2D eigenvalue weighted by Crippen LogP contribution is 2.16. The zero-order valence-corrected chi connectivity index (χ0v) is 7.60. The average Bonchev–Trinajstić information content (AvgIpc) is 2.23. The molecule has 0 fully saturated rings. The molecule has 0 heterocycles. The fourth-order valence-corrected chi connectivity index (χ4v) is 1.17. The lowest BCUT2D eigenvalue weighted by molar-refractivity contribution is 0.391. The second-order valence-electron chi connectivity index (χ2n) is 2.96. The Morgan fingerprint density at radius 2 is 2.00 bits per heavy atom. The van der Waals surface area contributed by atoms with Crippen molar-refractivity contribution in [2.75, 3.05) is 0 Å². The number of aliphatic hydroxyl groups excluding tert-OH is 1. The van der Waals surface area contributed by atoms with Crippen molar-refractivity contribution in [3.8, 4) is 5.75 Å². The van der Waals surface area contributed by atoms with Crippen LogP contribution < -0.4 is 4.74 Å². The van der Waals surface area contributed by atoms with Gasteiger partial charge >= 0.3 is 0 Å². The van der Waals surface area contributed by atoms with E-state index in [1.54, 1.807) is 6.08 Å². The Morgan fingerprint density at radius 1 is 1.21 bits per heavy atom. The standard InChI is InChI=1S/C12H10O2/c13-10-6-8-12(9-7-10)14-11-4-2-1-3-5-11/h1-5,8-9,13H,6H2. The van der Waals surface area contributed by atoms with E-state index in [2.05, 4.69) is 5.73 Å². The zero-order chi connectivity index (χ0) is 9.80. The molecule has 1 aromatic carbocycles. The fraction of sp³-hybridized carbons (Fsp3) is 0.0833. The molecule has 1 N–H and O–H groups in total. The topological polar surface area (TPSA) is 29.5 Å². The van der Waals surface area contributed by atoms with Crippen molar-refractivity contribution in [3.05, 3.63) is 59.7 Å². The average molecular weight is 186 g/mol. The molecular formula is C12H10O2. The van der Waals surface area contributed by atoms with E-state index in [1.165, 1.54) is 0 Å². The molecule has 70 valence electrons. The highest BCUT2D eigenvalue weighted by molar-refractivity contribution is 5.28. The van der Waals surface area contributed by atoms with Crippen LogP contribution in [-0.2, 0) is 0 Å². The zero-order valence-electron chi connectivity index (χ0n) is 7.60. The summed E-state index contributed by atoms with van der Waals surface area (Å²) in [5, 5.41) is 9.07. The van der Waals surface area contributed by atoms with Crippen molar-refractivity contribution in [2.24, 2.45) is 0 Å². The summed E-state index contributed by atoms with van der Waals surface area (Å²) in [5.74, 6) is 1.75. The van der Waals surface area contributed by atoms with Crippen LogP contribution in [0.5, 0.6) is 5.75 Å². The maximum absolute atomic E-state index is 9.07. The van der Waals surface area contributed by atoms with Gasteiger partial charge in [0.25, 0.3) is 0 Å². The van der Waals surface area contributed by atoms with Crippen molar-refractivity contribution in [1.29, 1.82) is 0 Å². The highest BCUT2D eigenvalue weighted by Gasteiger charge is 2.01. The summed E-state index contributed by atoms with van der Waals surface area (Å²) in [6.45, 7) is 0. The van der Waals surface area contributed by atoms with E-state index >= 15 is 0 Å². The monoisotopic (exact) mass is 186 g/mol. The van der Waals surface area contributed by atoms with Crippen molar-refractivity contribution in [3.63, 3.8) is 0 Å². The van der Waals surface area contributed by atoms with Crippen molar-refractivity contribution in [1.82, 2.24) is 0 Å². The number of aliphatic hydroxyl groups is 1. The number of rotatable bonds is 2. The van der Waals surface area contributed by atoms with Gasteiger partial charge < -0.3 is 9.84 Å². The molecular weight excluding hydrogens is 176 g/mol. The molecule has 0 saturated carbocycles. The van der Waals surface area contributed by atoms with Crippen molar-refractivity contribution < 1.29 is 9.84 Å². The molecule has 0 saturated heterocycles. The smallest absolute Gasteiger partial charge is 0.139 e. The van der Waals surface area contributed by atoms with Crippen LogP contribution in [0.1, 0.15) is 6.42 Å². The summed E-state index contributed by atoms with van der Waals surface area (Å²) in [7, 11) is 0. The summed E-state index contributed by atoms with van der Waals surface area (Å²) >= 11 is 0. The Labute approximate surface area is 82.5 Å². The Bertz CT molecular complexity index is 409. The number of hydrogen-bond donors (Lipinski definition) is 1. The van der Waals surface area contributed by atoms with Gasteiger partial charge in [-0.3, -0.25) is 0 Å². The van der Waals surface area contributed by atoms with Gasteiger partial charge in [0.05, 0.1) is 0 Å². The molecule has 1 aliphatic rings. The molecule has 0 atom stereocenters. The van der Waals surface area contributed by atoms with Crippen LogP contribution in [0.25, 0.3) is 0 Å². The third-order valence-electron chi connectivity index (χ3n) is 1.86. The Kier molecular flexibility index (Phi) is 2.39. The third-order valence-corrected chi connectivity index (χ3v) is 1.86. The molecule has 0 amide bonds. The molecule has 0 unspecified atom stereocenters. The van der Waals surface area contributed by atoms with Gasteiger partial charge in [-0.1, -0.05) is 23.9 Å². The normalized spacial score (nSPS) is 14.6. The van der Waals surface area contributed by atoms with Gasteiger partial charge in [0, 0.05) is 12.5 Å². The number of ether oxygens (including phenoxy) is 1. The lowest BCUT2D eigenvalue weighted by atomic mass is 10.2. The molecule has 0 spiro atoms. The minimum Gasteiger partial charge on any atom is -0.504 e. The van der Waals surface area contributed by atoms with E-state index in [9.17, 15) is 0 Å². The van der Waals surface area contributed by atoms with Crippen LogP contribution in [0.4, 0.5) is 0 Å². The minimum atomic E-state index is 0.241. The Balaban J connectivity index is 2.11. The molecule has 0 aliphatic heterocycles. The van der Waals surface area contributed by atoms with Crippen LogP contribution in [0, 0.1) is 0 Å². The van der Waals surface area contributed by atoms with Gasteiger partial charge in [-0.25, -0.2) is 0 Å². The van der Waals surface area contributed by atoms with E-state index in [4.69, 9.17) is 9.84 Å². The van der Waals surface area contributed by atoms with Gasteiger partial charge in [0.2, 0.25) is 0 Å². The predicted molar refractivity (Wildman–Crippen MR) is 54.0 cm³/mol. The van der Waals surface area contributed by atoms with Crippen LogP contribution in [0.15, 0.2) is 59.7 Å². The molecule has 1 aliphatic carbocycles. The van der Waals surface area contributed by atoms with Crippen LogP contribution >= 0.6 is 0 Å². The van der Waals surface area contributed by atoms with Crippen LogP contribution in [0.3, 0.4) is 0 Å². The summed E-state index contributed by atoms with van der Waals surface area (Å²) < 4.78 is 5.52. The van der Waals surface area contributed by atoms with E-state index in [1.807, 2.05) is 36.4 Å². The van der Waals surface area contributed by atoms with Crippen LogP contribution in [0.2, 0.25) is 0 Å². The first-order valence-electron chi connectivity index (χ1n) is 4.42. The molecule has 2 nitrogen and oxygen atoms in total. The van der Waals surface area contributed by atoms with Crippen LogP contribution in [-0.4, -0.2) is 5.11 Å². The van der Waals surface area contributed by atoms with Gasteiger partial charge in [-0.15, -0.1) is 0 Å². The quantitative estimate of drug-likeness (QED) is 0.719. The Hall–Kier alpha value is -1.92. The lowest BCUT2D eigenvalue weighted by Crippen LogP contribution is -1.95. The molecule has 14 heavy (non-hydrogen) atoms. The SMILES string of the molecule is OC1=C=CC(Oc2ccccc2)=CC1. The maximum Gasteiger partial charge on any atom is 0.139 e. The van der Waals surface area contributed by atoms with Gasteiger partial charge in [0.15, 0.2) is 0 Å². The van der Waals surface area contributed by atoms with E-state index in [-0.39, 0.29) is 5.76 Å². The van der Waals surface area contributed by atoms with Gasteiger partial charge in [-0.05, 0) is 18.2 Å². The molecule has 0 aromatic heterocycles. The lowest BCUT2D eigenvalue weighted by Gasteiger charge is -2.07. The van der Waals surface area contributed by atoms with Crippen molar-refractivity contribution >= 4 is 0 Å².